The molecule has 0 saturated carbocycles. The van der Waals surface area contributed by atoms with E-state index in [1.165, 1.54) is 6.07 Å². The summed E-state index contributed by atoms with van der Waals surface area (Å²) in [6.45, 7) is 2.15. The summed E-state index contributed by atoms with van der Waals surface area (Å²) in [6.07, 6.45) is 2.41. The fourth-order valence-electron chi connectivity index (χ4n) is 2.48. The highest BCUT2D eigenvalue weighted by Crippen LogP contribution is 2.23. The van der Waals surface area contributed by atoms with Gasteiger partial charge in [0, 0.05) is 17.8 Å². The van der Waals surface area contributed by atoms with Crippen molar-refractivity contribution in [2.24, 2.45) is 0 Å². The summed E-state index contributed by atoms with van der Waals surface area (Å²) in [5, 5.41) is 0. The lowest BCUT2D eigenvalue weighted by Gasteiger charge is -2.10. The zero-order valence-electron chi connectivity index (χ0n) is 13.4. The molecule has 0 bridgehead atoms. The minimum absolute atomic E-state index is 0.156. The molecule has 122 valence electrons. The lowest BCUT2D eigenvalue weighted by Crippen LogP contribution is -2.02. The molecule has 0 aliphatic rings. The summed E-state index contributed by atoms with van der Waals surface area (Å²) in [5.74, 6) is 0.381. The largest absolute Gasteiger partial charge is 0.489 e. The number of nitrogens with one attached hydrogen (secondary N) is 1. The zero-order valence-corrected chi connectivity index (χ0v) is 13.4. The number of hydrogen-bond donors (Lipinski definition) is 1. The van der Waals surface area contributed by atoms with Crippen LogP contribution in [-0.4, -0.2) is 4.98 Å². The summed E-state index contributed by atoms with van der Waals surface area (Å²) in [5.41, 5.74) is 3.02. The summed E-state index contributed by atoms with van der Waals surface area (Å²) in [7, 11) is 0. The third-order valence-electron chi connectivity index (χ3n) is 3.86. The van der Waals surface area contributed by atoms with E-state index >= 15 is 0 Å². The van der Waals surface area contributed by atoms with Crippen LogP contribution in [0.4, 0.5) is 4.39 Å². The average molecular weight is 323 g/mol. The van der Waals surface area contributed by atoms with Crippen LogP contribution in [0.5, 0.6) is 5.75 Å². The summed E-state index contributed by atoms with van der Waals surface area (Å²) in [4.78, 5) is 14.0. The van der Waals surface area contributed by atoms with Gasteiger partial charge in [-0.1, -0.05) is 31.2 Å². The molecule has 0 spiro atoms. The number of hydrogen-bond acceptors (Lipinski definition) is 2. The second kappa shape index (κ2) is 7.13. The van der Waals surface area contributed by atoms with Crippen molar-refractivity contribution >= 4 is 0 Å². The van der Waals surface area contributed by atoms with Gasteiger partial charge in [-0.25, -0.2) is 4.39 Å². The Morgan fingerprint density at radius 1 is 1.04 bits per heavy atom. The fourth-order valence-corrected chi connectivity index (χ4v) is 2.48. The van der Waals surface area contributed by atoms with E-state index in [1.54, 1.807) is 18.3 Å². The summed E-state index contributed by atoms with van der Waals surface area (Å²) in [6, 6.07) is 16.0. The Labute approximate surface area is 139 Å². The number of aromatic nitrogens is 1. The van der Waals surface area contributed by atoms with Crippen LogP contribution in [0.25, 0.3) is 11.1 Å². The maximum Gasteiger partial charge on any atom is 0.248 e. The Balaban J connectivity index is 1.77. The van der Waals surface area contributed by atoms with Gasteiger partial charge in [-0.3, -0.25) is 4.79 Å². The molecule has 4 heteroatoms. The van der Waals surface area contributed by atoms with Crippen LogP contribution >= 0.6 is 0 Å². The van der Waals surface area contributed by atoms with Crippen LogP contribution in [0.15, 0.2) is 65.6 Å². The van der Waals surface area contributed by atoms with Crippen LogP contribution in [0.3, 0.4) is 0 Å². The quantitative estimate of drug-likeness (QED) is 0.759. The van der Waals surface area contributed by atoms with E-state index in [9.17, 15) is 9.18 Å². The Morgan fingerprint density at radius 2 is 1.88 bits per heavy atom. The highest BCUT2D eigenvalue weighted by Gasteiger charge is 2.05. The van der Waals surface area contributed by atoms with Gasteiger partial charge in [0.25, 0.3) is 0 Å². The van der Waals surface area contributed by atoms with Gasteiger partial charge in [0.1, 0.15) is 18.2 Å². The molecule has 1 N–H and O–H groups in total. The molecule has 0 aliphatic carbocycles. The number of pyridine rings is 1. The number of halogens is 1. The predicted octanol–water partition coefficient (Wildman–Crippen LogP) is 4.32. The van der Waals surface area contributed by atoms with Crippen molar-refractivity contribution in [1.82, 2.24) is 4.98 Å². The van der Waals surface area contributed by atoms with E-state index in [0.29, 0.717) is 11.3 Å². The first-order valence-electron chi connectivity index (χ1n) is 7.85. The molecule has 1 aromatic heterocycles. The van der Waals surface area contributed by atoms with Crippen molar-refractivity contribution in [3.05, 3.63) is 88.1 Å². The lowest BCUT2D eigenvalue weighted by atomic mass is 10.1. The van der Waals surface area contributed by atoms with E-state index < -0.39 is 0 Å². The minimum atomic E-state index is -0.250. The smallest absolute Gasteiger partial charge is 0.248 e. The van der Waals surface area contributed by atoms with Crippen LogP contribution in [0.1, 0.15) is 18.1 Å². The van der Waals surface area contributed by atoms with Gasteiger partial charge in [0.15, 0.2) is 0 Å². The maximum atomic E-state index is 14.0. The number of rotatable bonds is 5. The molecule has 0 aliphatic heterocycles. The van der Waals surface area contributed by atoms with Crippen LogP contribution in [-0.2, 0) is 13.0 Å². The van der Waals surface area contributed by atoms with Gasteiger partial charge in [-0.15, -0.1) is 0 Å². The molecule has 2 aromatic carbocycles. The summed E-state index contributed by atoms with van der Waals surface area (Å²) < 4.78 is 19.7. The minimum Gasteiger partial charge on any atom is -0.489 e. The van der Waals surface area contributed by atoms with Crippen molar-refractivity contribution in [3.63, 3.8) is 0 Å². The molecule has 0 radical (unpaired) electrons. The van der Waals surface area contributed by atoms with E-state index in [2.05, 4.69) is 4.98 Å². The normalized spacial score (nSPS) is 10.6. The van der Waals surface area contributed by atoms with Crippen molar-refractivity contribution in [3.8, 4) is 16.9 Å². The number of benzene rings is 2. The molecule has 0 saturated heterocycles. The van der Waals surface area contributed by atoms with Gasteiger partial charge >= 0.3 is 0 Å². The molecule has 3 rings (SSSR count). The van der Waals surface area contributed by atoms with Crippen molar-refractivity contribution in [1.29, 1.82) is 0 Å². The van der Waals surface area contributed by atoms with Crippen molar-refractivity contribution in [2.45, 2.75) is 20.0 Å². The van der Waals surface area contributed by atoms with Gasteiger partial charge < -0.3 is 9.72 Å². The number of aromatic amines is 1. The van der Waals surface area contributed by atoms with Crippen LogP contribution in [0.2, 0.25) is 0 Å². The van der Waals surface area contributed by atoms with Gasteiger partial charge in [0.05, 0.1) is 0 Å². The van der Waals surface area contributed by atoms with Gasteiger partial charge in [-0.05, 0) is 47.4 Å². The Kier molecular flexibility index (Phi) is 4.75. The third-order valence-corrected chi connectivity index (χ3v) is 3.86. The first-order chi connectivity index (χ1) is 11.7. The molecule has 3 aromatic rings. The second-order valence-corrected chi connectivity index (χ2v) is 5.54. The maximum absolute atomic E-state index is 14.0. The molecule has 24 heavy (non-hydrogen) atoms. The predicted molar refractivity (Wildman–Crippen MR) is 92.6 cm³/mol. The van der Waals surface area contributed by atoms with Gasteiger partial charge in [0.2, 0.25) is 5.56 Å². The van der Waals surface area contributed by atoms with E-state index in [1.807, 2.05) is 43.3 Å². The lowest BCUT2D eigenvalue weighted by molar-refractivity contribution is 0.300. The first kappa shape index (κ1) is 16.0. The topological polar surface area (TPSA) is 42.1 Å². The molecule has 0 atom stereocenters. The SMILES string of the molecule is CCc1ccc(COc2cccc(-c3cc[nH]c(=O)c3)c2)c(F)c1. The fraction of sp³-hybridized carbons (Fsp3) is 0.150. The third kappa shape index (κ3) is 3.71. The second-order valence-electron chi connectivity index (χ2n) is 5.54. The zero-order chi connectivity index (χ0) is 16.9. The molecular weight excluding hydrogens is 305 g/mol. The number of ether oxygens (including phenoxy) is 1. The molecule has 3 nitrogen and oxygen atoms in total. The van der Waals surface area contributed by atoms with Crippen molar-refractivity contribution < 1.29 is 9.13 Å². The summed E-state index contributed by atoms with van der Waals surface area (Å²) >= 11 is 0. The van der Waals surface area contributed by atoms with Crippen LogP contribution < -0.4 is 10.3 Å². The number of H-pyrrole nitrogens is 1. The number of aryl methyl sites for hydroxylation is 1. The average Bonchev–Trinajstić information content (AvgIpc) is 2.61. The molecule has 0 amide bonds. The van der Waals surface area contributed by atoms with Gasteiger partial charge in [-0.2, -0.15) is 0 Å². The molecular formula is C20H18FNO2. The standard InChI is InChI=1S/C20H18FNO2/c1-2-14-6-7-17(19(21)10-14)13-24-18-5-3-4-15(11-18)16-8-9-22-20(23)12-16/h3-12H,2,13H2,1H3,(H,22,23). The van der Waals surface area contributed by atoms with E-state index in [0.717, 1.165) is 23.1 Å². The molecule has 0 unspecified atom stereocenters. The highest BCUT2D eigenvalue weighted by atomic mass is 19.1. The first-order valence-corrected chi connectivity index (χ1v) is 7.85. The highest BCUT2D eigenvalue weighted by molar-refractivity contribution is 5.64. The Hall–Kier alpha value is -2.88. The Morgan fingerprint density at radius 3 is 2.62 bits per heavy atom. The monoisotopic (exact) mass is 323 g/mol. The van der Waals surface area contributed by atoms with E-state index in [4.69, 9.17) is 4.74 Å². The Bertz CT molecular complexity index is 902. The van der Waals surface area contributed by atoms with Crippen molar-refractivity contribution in [2.75, 3.05) is 0 Å². The van der Waals surface area contributed by atoms with Crippen LogP contribution in [0, 0.1) is 5.82 Å². The molecule has 1 heterocycles. The molecule has 0 fully saturated rings. The van der Waals surface area contributed by atoms with E-state index in [-0.39, 0.29) is 18.0 Å².